The molecule has 0 heterocycles. The molecule has 0 aliphatic carbocycles. The van der Waals surface area contributed by atoms with Gasteiger partial charge in [-0.05, 0) is 30.3 Å². The van der Waals surface area contributed by atoms with Gasteiger partial charge < -0.3 is 0 Å². The van der Waals surface area contributed by atoms with E-state index in [-0.39, 0.29) is 39.3 Å². The maximum absolute atomic E-state index is 12.2. The topological polar surface area (TPSA) is 88.5 Å². The van der Waals surface area contributed by atoms with E-state index in [1.807, 2.05) is 0 Å². The molecule has 2 aromatic rings. The van der Waals surface area contributed by atoms with Gasteiger partial charge in [-0.15, -0.1) is 0 Å². The molecule has 1 radical (unpaired) electrons. The molecule has 20 heavy (non-hydrogen) atoms. The molecule has 0 atom stereocenters. The Morgan fingerprint density at radius 2 is 1.20 bits per heavy atom. The van der Waals surface area contributed by atoms with Gasteiger partial charge in [0.1, 0.15) is 0 Å². The van der Waals surface area contributed by atoms with Crippen molar-refractivity contribution in [1.29, 1.82) is 0 Å². The van der Waals surface area contributed by atoms with Crippen LogP contribution in [0.25, 0.3) is 0 Å². The molecule has 8 heteroatoms. The SMILES string of the molecule is O=S(=O)(O)c1cccc(S(=O)(=O)c2ccccc2)c1.[Na]. The van der Waals surface area contributed by atoms with E-state index in [9.17, 15) is 16.8 Å². The van der Waals surface area contributed by atoms with Crippen LogP contribution in [0.3, 0.4) is 0 Å². The Morgan fingerprint density at radius 1 is 0.700 bits per heavy atom. The third-order valence-electron chi connectivity index (χ3n) is 2.47. The molecule has 2 rings (SSSR count). The average molecular weight is 321 g/mol. The van der Waals surface area contributed by atoms with Crippen LogP contribution in [0.5, 0.6) is 0 Å². The van der Waals surface area contributed by atoms with Gasteiger partial charge in [-0.1, -0.05) is 24.3 Å². The fraction of sp³-hybridized carbons (Fsp3) is 0. The number of hydrogen-bond donors (Lipinski definition) is 1. The average Bonchev–Trinajstić information content (AvgIpc) is 2.39. The summed E-state index contributed by atoms with van der Waals surface area (Å²) in [7, 11) is -8.23. The summed E-state index contributed by atoms with van der Waals surface area (Å²) in [6.07, 6.45) is 0. The summed E-state index contributed by atoms with van der Waals surface area (Å²) in [6, 6.07) is 12.2. The Morgan fingerprint density at radius 3 is 1.75 bits per heavy atom. The quantitative estimate of drug-likeness (QED) is 0.681. The molecule has 0 aromatic heterocycles. The van der Waals surface area contributed by atoms with Gasteiger partial charge in [0.15, 0.2) is 0 Å². The summed E-state index contributed by atoms with van der Waals surface area (Å²) in [4.78, 5) is -0.583. The van der Waals surface area contributed by atoms with Crippen LogP contribution < -0.4 is 0 Å². The van der Waals surface area contributed by atoms with E-state index in [0.29, 0.717) is 0 Å². The van der Waals surface area contributed by atoms with E-state index in [1.54, 1.807) is 18.2 Å². The zero-order chi connectivity index (χ0) is 14.1. The van der Waals surface area contributed by atoms with Crippen molar-refractivity contribution in [3.63, 3.8) is 0 Å². The third-order valence-corrected chi connectivity index (χ3v) is 5.08. The Kier molecular flexibility index (Phi) is 5.54. The molecule has 101 valence electrons. The molecule has 0 saturated carbocycles. The maximum atomic E-state index is 12.2. The zero-order valence-corrected chi connectivity index (χ0v) is 14.2. The minimum Gasteiger partial charge on any atom is -0.282 e. The van der Waals surface area contributed by atoms with Crippen LogP contribution in [0.4, 0.5) is 0 Å². The van der Waals surface area contributed by atoms with E-state index >= 15 is 0 Å². The largest absolute Gasteiger partial charge is 0.294 e. The summed E-state index contributed by atoms with van der Waals surface area (Å²) in [5, 5.41) is 0. The van der Waals surface area contributed by atoms with Crippen LogP contribution in [0.1, 0.15) is 0 Å². The van der Waals surface area contributed by atoms with E-state index < -0.39 is 24.9 Å². The van der Waals surface area contributed by atoms with Crippen molar-refractivity contribution in [2.45, 2.75) is 14.7 Å². The first-order valence-corrected chi connectivity index (χ1v) is 8.12. The van der Waals surface area contributed by atoms with E-state index in [2.05, 4.69) is 0 Å². The van der Waals surface area contributed by atoms with Crippen LogP contribution in [0, 0.1) is 0 Å². The summed E-state index contributed by atoms with van der Waals surface area (Å²) in [5.41, 5.74) is 0. The number of benzene rings is 2. The summed E-state index contributed by atoms with van der Waals surface area (Å²) < 4.78 is 55.4. The van der Waals surface area contributed by atoms with Gasteiger partial charge in [-0.25, -0.2) is 8.42 Å². The standard InChI is InChI=1S/C12H10O5S2.Na/c13-18(14,10-5-2-1-3-6-10)11-7-4-8-12(9-11)19(15,16)17;/h1-9H,(H,15,16,17);. The molecule has 0 unspecified atom stereocenters. The number of hydrogen-bond acceptors (Lipinski definition) is 4. The first-order chi connectivity index (χ1) is 8.82. The molecule has 0 spiro atoms. The van der Waals surface area contributed by atoms with Crippen molar-refractivity contribution in [1.82, 2.24) is 0 Å². The molecular formula is C12H10NaO5S2. The Labute approximate surface area is 139 Å². The van der Waals surface area contributed by atoms with Gasteiger partial charge >= 0.3 is 0 Å². The first kappa shape index (κ1) is 17.4. The van der Waals surface area contributed by atoms with Gasteiger partial charge in [-0.2, -0.15) is 8.42 Å². The second-order valence-corrected chi connectivity index (χ2v) is 7.14. The van der Waals surface area contributed by atoms with Crippen molar-refractivity contribution in [2.24, 2.45) is 0 Å². The van der Waals surface area contributed by atoms with Gasteiger partial charge in [0, 0.05) is 29.6 Å². The fourth-order valence-corrected chi connectivity index (χ4v) is 3.47. The molecular weight excluding hydrogens is 311 g/mol. The predicted octanol–water partition coefficient (Wildman–Crippen LogP) is 1.39. The molecule has 5 nitrogen and oxygen atoms in total. The fourth-order valence-electron chi connectivity index (χ4n) is 1.54. The van der Waals surface area contributed by atoms with Crippen molar-refractivity contribution < 1.29 is 21.4 Å². The molecule has 0 aliphatic rings. The van der Waals surface area contributed by atoms with Gasteiger partial charge in [0.05, 0.1) is 14.7 Å². The second-order valence-electron chi connectivity index (χ2n) is 3.77. The maximum Gasteiger partial charge on any atom is 0.294 e. The molecule has 0 fully saturated rings. The Hall–Kier alpha value is -0.700. The predicted molar refractivity (Wildman–Crippen MR) is 73.9 cm³/mol. The summed E-state index contributed by atoms with van der Waals surface area (Å²) in [5.74, 6) is 0. The Balaban J connectivity index is 0.00000200. The van der Waals surface area contributed by atoms with E-state index in [4.69, 9.17) is 4.55 Å². The van der Waals surface area contributed by atoms with Crippen molar-refractivity contribution in [3.8, 4) is 0 Å². The van der Waals surface area contributed by atoms with E-state index in [0.717, 1.165) is 12.1 Å². The van der Waals surface area contributed by atoms with Gasteiger partial charge in [-0.3, -0.25) is 4.55 Å². The molecule has 0 amide bonds. The number of rotatable bonds is 3. The molecule has 0 aliphatic heterocycles. The van der Waals surface area contributed by atoms with Crippen molar-refractivity contribution >= 4 is 49.5 Å². The minimum absolute atomic E-state index is 0. The smallest absolute Gasteiger partial charge is 0.282 e. The second kappa shape index (κ2) is 6.38. The van der Waals surface area contributed by atoms with Crippen LogP contribution in [0.2, 0.25) is 0 Å². The Bertz CT molecular complexity index is 799. The normalized spacial score (nSPS) is 11.7. The minimum atomic E-state index is -4.43. The van der Waals surface area contributed by atoms with Gasteiger partial charge in [0.25, 0.3) is 10.1 Å². The first-order valence-electron chi connectivity index (χ1n) is 5.19. The molecule has 0 saturated heterocycles. The van der Waals surface area contributed by atoms with E-state index in [1.165, 1.54) is 24.3 Å². The van der Waals surface area contributed by atoms with Crippen LogP contribution in [-0.2, 0) is 20.0 Å². The molecule has 1 N–H and O–H groups in total. The third kappa shape index (κ3) is 3.69. The number of sulfone groups is 1. The van der Waals surface area contributed by atoms with Crippen LogP contribution in [0.15, 0.2) is 69.3 Å². The van der Waals surface area contributed by atoms with Gasteiger partial charge in [0.2, 0.25) is 9.84 Å². The summed E-state index contributed by atoms with van der Waals surface area (Å²) >= 11 is 0. The summed E-state index contributed by atoms with van der Waals surface area (Å²) in [6.45, 7) is 0. The van der Waals surface area contributed by atoms with Crippen LogP contribution >= 0.6 is 0 Å². The van der Waals surface area contributed by atoms with Crippen LogP contribution in [-0.4, -0.2) is 50.9 Å². The van der Waals surface area contributed by atoms with Crippen molar-refractivity contribution in [3.05, 3.63) is 54.6 Å². The monoisotopic (exact) mass is 321 g/mol. The molecule has 2 aromatic carbocycles. The zero-order valence-electron chi connectivity index (χ0n) is 10.6. The van der Waals surface area contributed by atoms with Crippen molar-refractivity contribution in [2.75, 3.05) is 0 Å². The molecule has 0 bridgehead atoms.